The highest BCUT2D eigenvalue weighted by Gasteiger charge is 2.10. The number of nitrogens with zero attached hydrogens (tertiary/aromatic N) is 1. The molecular weight excluding hydrogens is 244 g/mol. The molecule has 1 aromatic rings. The molecule has 1 heterocycles. The standard InChI is InChI=1S/C14H22N2O3/c1-3-4-7-19-8-5-6-15-13-9-11(2)16-10-12(13)14(17)18/h9-10H,3-8H2,1-2H3,(H,15,16)(H,17,18). The van der Waals surface area contributed by atoms with Crippen LogP contribution in [-0.4, -0.2) is 35.8 Å². The summed E-state index contributed by atoms with van der Waals surface area (Å²) in [6.07, 6.45) is 4.46. The number of aryl methyl sites for hydroxylation is 1. The first-order valence-electron chi connectivity index (χ1n) is 6.66. The van der Waals surface area contributed by atoms with Crippen molar-refractivity contribution >= 4 is 11.7 Å². The molecular formula is C14H22N2O3. The molecule has 106 valence electrons. The molecule has 0 saturated carbocycles. The van der Waals surface area contributed by atoms with Crippen molar-refractivity contribution < 1.29 is 14.6 Å². The molecule has 0 bridgehead atoms. The van der Waals surface area contributed by atoms with Crippen LogP contribution in [0.4, 0.5) is 5.69 Å². The summed E-state index contributed by atoms with van der Waals surface area (Å²) in [6.45, 7) is 6.15. The van der Waals surface area contributed by atoms with Gasteiger partial charge in [-0.3, -0.25) is 4.98 Å². The molecule has 0 atom stereocenters. The van der Waals surface area contributed by atoms with Crippen LogP contribution in [0, 0.1) is 6.92 Å². The fourth-order valence-electron chi connectivity index (χ4n) is 1.62. The first-order chi connectivity index (χ1) is 9.15. The highest BCUT2D eigenvalue weighted by atomic mass is 16.5. The van der Waals surface area contributed by atoms with E-state index >= 15 is 0 Å². The number of hydrogen-bond donors (Lipinski definition) is 2. The van der Waals surface area contributed by atoms with Gasteiger partial charge in [0, 0.05) is 31.6 Å². The van der Waals surface area contributed by atoms with Gasteiger partial charge in [-0.1, -0.05) is 13.3 Å². The monoisotopic (exact) mass is 266 g/mol. The molecule has 0 aromatic carbocycles. The quantitative estimate of drug-likeness (QED) is 0.672. The second-order valence-electron chi connectivity index (χ2n) is 4.42. The van der Waals surface area contributed by atoms with E-state index in [-0.39, 0.29) is 5.56 Å². The minimum atomic E-state index is -0.964. The molecule has 5 heteroatoms. The Morgan fingerprint density at radius 3 is 2.84 bits per heavy atom. The van der Waals surface area contributed by atoms with E-state index in [2.05, 4.69) is 17.2 Å². The number of pyridine rings is 1. The van der Waals surface area contributed by atoms with Crippen molar-refractivity contribution in [2.45, 2.75) is 33.1 Å². The Labute approximate surface area is 114 Å². The van der Waals surface area contributed by atoms with E-state index < -0.39 is 5.97 Å². The van der Waals surface area contributed by atoms with Crippen LogP contribution in [0.5, 0.6) is 0 Å². The van der Waals surface area contributed by atoms with Crippen molar-refractivity contribution in [2.24, 2.45) is 0 Å². The van der Waals surface area contributed by atoms with E-state index in [9.17, 15) is 4.79 Å². The number of unbranched alkanes of at least 4 members (excludes halogenated alkanes) is 1. The summed E-state index contributed by atoms with van der Waals surface area (Å²) in [4.78, 5) is 15.0. The topological polar surface area (TPSA) is 71.5 Å². The van der Waals surface area contributed by atoms with Crippen molar-refractivity contribution in [3.8, 4) is 0 Å². The Balaban J connectivity index is 2.36. The van der Waals surface area contributed by atoms with Gasteiger partial charge in [0.05, 0.1) is 5.69 Å². The lowest BCUT2D eigenvalue weighted by Gasteiger charge is -2.10. The van der Waals surface area contributed by atoms with Gasteiger partial charge >= 0.3 is 5.97 Å². The van der Waals surface area contributed by atoms with E-state index in [4.69, 9.17) is 9.84 Å². The molecule has 0 aliphatic rings. The third kappa shape index (κ3) is 5.70. The number of hydrogen-bond acceptors (Lipinski definition) is 4. The maximum absolute atomic E-state index is 11.0. The maximum atomic E-state index is 11.0. The number of ether oxygens (including phenoxy) is 1. The first-order valence-corrected chi connectivity index (χ1v) is 6.66. The average Bonchev–Trinajstić information content (AvgIpc) is 2.37. The SMILES string of the molecule is CCCCOCCCNc1cc(C)ncc1C(=O)O. The lowest BCUT2D eigenvalue weighted by atomic mass is 10.2. The van der Waals surface area contributed by atoms with E-state index in [1.807, 2.05) is 6.92 Å². The van der Waals surface area contributed by atoms with Gasteiger partial charge in [0.25, 0.3) is 0 Å². The van der Waals surface area contributed by atoms with Crippen molar-refractivity contribution in [3.63, 3.8) is 0 Å². The van der Waals surface area contributed by atoms with E-state index in [1.165, 1.54) is 6.20 Å². The summed E-state index contributed by atoms with van der Waals surface area (Å²) in [5, 5.41) is 12.2. The smallest absolute Gasteiger partial charge is 0.339 e. The van der Waals surface area contributed by atoms with Gasteiger partial charge in [0.1, 0.15) is 5.56 Å². The van der Waals surface area contributed by atoms with Crippen LogP contribution in [-0.2, 0) is 4.74 Å². The predicted octanol–water partition coefficient (Wildman–Crippen LogP) is 2.71. The zero-order valence-corrected chi connectivity index (χ0v) is 11.6. The molecule has 2 N–H and O–H groups in total. The molecule has 0 spiro atoms. The second-order valence-corrected chi connectivity index (χ2v) is 4.42. The fourth-order valence-corrected chi connectivity index (χ4v) is 1.62. The minimum absolute atomic E-state index is 0.206. The van der Waals surface area contributed by atoms with Crippen LogP contribution in [0.2, 0.25) is 0 Å². The number of carbonyl (C=O) groups is 1. The molecule has 0 fully saturated rings. The molecule has 0 aliphatic carbocycles. The highest BCUT2D eigenvalue weighted by Crippen LogP contribution is 2.15. The van der Waals surface area contributed by atoms with Crippen molar-refractivity contribution in [3.05, 3.63) is 23.5 Å². The Hall–Kier alpha value is -1.62. The molecule has 1 rings (SSSR count). The zero-order chi connectivity index (χ0) is 14.1. The number of rotatable bonds is 9. The molecule has 19 heavy (non-hydrogen) atoms. The first kappa shape index (κ1) is 15.4. The number of carboxylic acids is 1. The highest BCUT2D eigenvalue weighted by molar-refractivity contribution is 5.93. The number of aromatic nitrogens is 1. The van der Waals surface area contributed by atoms with Gasteiger partial charge < -0.3 is 15.2 Å². The van der Waals surface area contributed by atoms with Crippen LogP contribution in [0.1, 0.15) is 42.2 Å². The molecule has 0 saturated heterocycles. The Kier molecular flexibility index (Phi) is 6.89. The maximum Gasteiger partial charge on any atom is 0.339 e. The van der Waals surface area contributed by atoms with Crippen molar-refractivity contribution in [2.75, 3.05) is 25.1 Å². The van der Waals surface area contributed by atoms with Crippen molar-refractivity contribution in [1.29, 1.82) is 0 Å². The Morgan fingerprint density at radius 1 is 1.42 bits per heavy atom. The summed E-state index contributed by atoms with van der Waals surface area (Å²) >= 11 is 0. The molecule has 0 radical (unpaired) electrons. The second kappa shape index (κ2) is 8.48. The van der Waals surface area contributed by atoms with E-state index in [0.717, 1.165) is 31.6 Å². The summed E-state index contributed by atoms with van der Waals surface area (Å²) in [6, 6.07) is 1.75. The average molecular weight is 266 g/mol. The summed E-state index contributed by atoms with van der Waals surface area (Å²) < 4.78 is 5.44. The number of anilines is 1. The number of aromatic carboxylic acids is 1. The summed E-state index contributed by atoms with van der Waals surface area (Å²) in [5.41, 5.74) is 1.62. The van der Waals surface area contributed by atoms with Gasteiger partial charge in [-0.15, -0.1) is 0 Å². The predicted molar refractivity (Wildman–Crippen MR) is 74.8 cm³/mol. The van der Waals surface area contributed by atoms with Gasteiger partial charge in [-0.05, 0) is 25.8 Å². The Morgan fingerprint density at radius 2 is 2.16 bits per heavy atom. The van der Waals surface area contributed by atoms with Gasteiger partial charge in [-0.2, -0.15) is 0 Å². The zero-order valence-electron chi connectivity index (χ0n) is 11.6. The van der Waals surface area contributed by atoms with E-state index in [0.29, 0.717) is 18.8 Å². The molecule has 5 nitrogen and oxygen atoms in total. The van der Waals surface area contributed by atoms with Crippen LogP contribution in [0.3, 0.4) is 0 Å². The number of carboxylic acid groups (broad SMARTS) is 1. The third-order valence-corrected chi connectivity index (χ3v) is 2.69. The van der Waals surface area contributed by atoms with Crippen LogP contribution in [0.15, 0.2) is 12.3 Å². The molecule has 0 unspecified atom stereocenters. The van der Waals surface area contributed by atoms with Crippen molar-refractivity contribution in [1.82, 2.24) is 4.98 Å². The molecule has 0 amide bonds. The fraction of sp³-hybridized carbons (Fsp3) is 0.571. The lowest BCUT2D eigenvalue weighted by Crippen LogP contribution is -2.10. The molecule has 1 aromatic heterocycles. The lowest BCUT2D eigenvalue weighted by molar-refractivity contribution is 0.0697. The summed E-state index contributed by atoms with van der Waals surface area (Å²) in [5.74, 6) is -0.964. The Bertz CT molecular complexity index is 408. The minimum Gasteiger partial charge on any atom is -0.478 e. The normalized spacial score (nSPS) is 10.4. The largest absolute Gasteiger partial charge is 0.478 e. The van der Waals surface area contributed by atoms with Crippen LogP contribution < -0.4 is 5.32 Å². The van der Waals surface area contributed by atoms with Gasteiger partial charge in [0.15, 0.2) is 0 Å². The van der Waals surface area contributed by atoms with Gasteiger partial charge in [-0.25, -0.2) is 4.79 Å². The summed E-state index contributed by atoms with van der Waals surface area (Å²) in [7, 11) is 0. The van der Waals surface area contributed by atoms with Crippen LogP contribution in [0.25, 0.3) is 0 Å². The number of nitrogens with one attached hydrogen (secondary N) is 1. The van der Waals surface area contributed by atoms with Gasteiger partial charge in [0.2, 0.25) is 0 Å². The third-order valence-electron chi connectivity index (χ3n) is 2.69. The van der Waals surface area contributed by atoms with Crippen LogP contribution >= 0.6 is 0 Å². The molecule has 0 aliphatic heterocycles. The van der Waals surface area contributed by atoms with E-state index in [1.54, 1.807) is 6.07 Å².